The van der Waals surface area contributed by atoms with Crippen molar-refractivity contribution >= 4 is 23.2 Å². The van der Waals surface area contributed by atoms with Gasteiger partial charge in [0.15, 0.2) is 0 Å². The minimum Gasteiger partial charge on any atom is -0.350 e. The fourth-order valence-electron chi connectivity index (χ4n) is 3.98. The molecule has 0 unspecified atom stereocenters. The molecule has 1 atom stereocenters. The van der Waals surface area contributed by atoms with Crippen LogP contribution in [0.25, 0.3) is 0 Å². The van der Waals surface area contributed by atoms with Gasteiger partial charge in [-0.15, -0.1) is 11.3 Å². The Bertz CT molecular complexity index is 855. The molecule has 6 nitrogen and oxygen atoms in total. The minimum absolute atomic E-state index is 0.00689. The molecule has 2 aliphatic rings. The number of thiophene rings is 1. The SMILES string of the molecule is CC(C)NC(=O)c1ccc([C@H]2CCCN2C(=O)c2onc3c2CCCC3)s1. The molecule has 4 rings (SSSR count). The van der Waals surface area contributed by atoms with Gasteiger partial charge in [0.2, 0.25) is 5.76 Å². The van der Waals surface area contributed by atoms with E-state index in [1.54, 1.807) is 0 Å². The number of likely N-dealkylation sites (tertiary alicyclic amines) is 1. The topological polar surface area (TPSA) is 75.4 Å². The first-order valence-corrected chi connectivity index (χ1v) is 10.5. The van der Waals surface area contributed by atoms with Crippen LogP contribution in [0.5, 0.6) is 0 Å². The summed E-state index contributed by atoms with van der Waals surface area (Å²) in [6.45, 7) is 4.61. The second-order valence-electron chi connectivity index (χ2n) is 7.63. The van der Waals surface area contributed by atoms with E-state index < -0.39 is 0 Å². The number of aryl methyl sites for hydroxylation is 1. The number of hydrogen-bond donors (Lipinski definition) is 1. The van der Waals surface area contributed by atoms with Gasteiger partial charge in [-0.1, -0.05) is 5.16 Å². The molecule has 7 heteroatoms. The van der Waals surface area contributed by atoms with E-state index in [0.29, 0.717) is 17.2 Å². The average molecular weight is 388 g/mol. The zero-order valence-corrected chi connectivity index (χ0v) is 16.6. The monoisotopic (exact) mass is 387 g/mol. The van der Waals surface area contributed by atoms with E-state index >= 15 is 0 Å². The predicted molar refractivity (Wildman–Crippen MR) is 103 cm³/mol. The first-order valence-electron chi connectivity index (χ1n) is 9.73. The minimum atomic E-state index is -0.0604. The number of rotatable bonds is 4. The Balaban J connectivity index is 1.54. The lowest BCUT2D eigenvalue weighted by molar-refractivity contribution is 0.0694. The quantitative estimate of drug-likeness (QED) is 0.867. The van der Waals surface area contributed by atoms with Crippen LogP contribution in [0.1, 0.15) is 81.9 Å². The number of nitrogens with zero attached hydrogens (tertiary/aromatic N) is 2. The van der Waals surface area contributed by atoms with E-state index in [4.69, 9.17) is 4.52 Å². The zero-order chi connectivity index (χ0) is 19.0. The van der Waals surface area contributed by atoms with Gasteiger partial charge in [0.25, 0.3) is 11.8 Å². The van der Waals surface area contributed by atoms with Crippen molar-refractivity contribution in [2.75, 3.05) is 6.54 Å². The first-order chi connectivity index (χ1) is 13.0. The lowest BCUT2D eigenvalue weighted by Gasteiger charge is -2.23. The van der Waals surface area contributed by atoms with Gasteiger partial charge in [-0.3, -0.25) is 9.59 Å². The molecule has 3 heterocycles. The van der Waals surface area contributed by atoms with E-state index in [1.165, 1.54) is 11.3 Å². The number of fused-ring (bicyclic) bond motifs is 1. The van der Waals surface area contributed by atoms with Gasteiger partial charge < -0.3 is 14.7 Å². The summed E-state index contributed by atoms with van der Waals surface area (Å²) in [6, 6.07) is 3.94. The molecule has 2 aromatic heterocycles. The standard InChI is InChI=1S/C20H25N3O3S/c1-12(2)21-19(24)17-10-9-16(27-17)15-8-5-11-23(15)20(25)18-13-6-3-4-7-14(13)22-26-18/h9-10,12,15H,3-8,11H2,1-2H3,(H,21,24)/t15-/m1/s1. The van der Waals surface area contributed by atoms with Crippen molar-refractivity contribution in [3.63, 3.8) is 0 Å². The number of carbonyl (C=O) groups is 2. The van der Waals surface area contributed by atoms with Crippen LogP contribution in [-0.4, -0.2) is 34.5 Å². The highest BCUT2D eigenvalue weighted by Gasteiger charge is 2.36. The van der Waals surface area contributed by atoms with Crippen LogP contribution in [0.15, 0.2) is 16.7 Å². The molecular weight excluding hydrogens is 362 g/mol. The van der Waals surface area contributed by atoms with Crippen LogP contribution < -0.4 is 5.32 Å². The first kappa shape index (κ1) is 18.2. The van der Waals surface area contributed by atoms with E-state index in [2.05, 4.69) is 10.5 Å². The molecule has 2 aromatic rings. The van der Waals surface area contributed by atoms with Crippen LogP contribution in [0.4, 0.5) is 0 Å². The summed E-state index contributed by atoms with van der Waals surface area (Å²) in [5.41, 5.74) is 1.95. The summed E-state index contributed by atoms with van der Waals surface area (Å²) in [5.74, 6) is 0.307. The summed E-state index contributed by atoms with van der Waals surface area (Å²) in [6.07, 6.45) is 5.82. The summed E-state index contributed by atoms with van der Waals surface area (Å²) in [7, 11) is 0. The maximum atomic E-state index is 13.2. The van der Waals surface area contributed by atoms with Crippen LogP contribution in [0, 0.1) is 0 Å². The summed E-state index contributed by atoms with van der Waals surface area (Å²) in [4.78, 5) is 29.1. The lowest BCUT2D eigenvalue weighted by atomic mass is 9.96. The van der Waals surface area contributed by atoms with E-state index in [1.807, 2.05) is 30.9 Å². The third kappa shape index (κ3) is 3.52. The van der Waals surface area contributed by atoms with Crippen LogP contribution in [-0.2, 0) is 12.8 Å². The van der Waals surface area contributed by atoms with E-state index in [-0.39, 0.29) is 23.9 Å². The Morgan fingerprint density at radius 2 is 2.07 bits per heavy atom. The number of hydrogen-bond acceptors (Lipinski definition) is 5. The highest BCUT2D eigenvalue weighted by Crippen LogP contribution is 2.38. The van der Waals surface area contributed by atoms with Gasteiger partial charge in [-0.05, 0) is 64.5 Å². The van der Waals surface area contributed by atoms with Crippen molar-refractivity contribution in [1.82, 2.24) is 15.4 Å². The van der Waals surface area contributed by atoms with Gasteiger partial charge >= 0.3 is 0 Å². The van der Waals surface area contributed by atoms with E-state index in [9.17, 15) is 9.59 Å². The Labute approximate surface area is 162 Å². The molecular formula is C20H25N3O3S. The molecule has 2 amide bonds. The third-order valence-corrected chi connectivity index (χ3v) is 6.45. The lowest BCUT2D eigenvalue weighted by Crippen LogP contribution is -2.31. The smallest absolute Gasteiger partial charge is 0.293 e. The van der Waals surface area contributed by atoms with Gasteiger partial charge in [0, 0.05) is 23.0 Å². The molecule has 0 bridgehead atoms. The normalized spacial score (nSPS) is 19.4. The highest BCUT2D eigenvalue weighted by molar-refractivity contribution is 7.14. The van der Waals surface area contributed by atoms with Gasteiger partial charge in [-0.25, -0.2) is 0 Å². The fraction of sp³-hybridized carbons (Fsp3) is 0.550. The molecule has 0 aromatic carbocycles. The van der Waals surface area contributed by atoms with Crippen LogP contribution in [0.3, 0.4) is 0 Å². The average Bonchev–Trinajstić information content (AvgIpc) is 3.38. The summed E-state index contributed by atoms with van der Waals surface area (Å²) in [5, 5.41) is 7.05. The van der Waals surface area contributed by atoms with Crippen molar-refractivity contribution in [3.05, 3.63) is 38.9 Å². The Morgan fingerprint density at radius 3 is 2.89 bits per heavy atom. The molecule has 0 spiro atoms. The predicted octanol–water partition coefficient (Wildman–Crippen LogP) is 3.73. The van der Waals surface area contributed by atoms with Gasteiger partial charge in [0.05, 0.1) is 16.6 Å². The Kier molecular flexibility index (Phi) is 5.04. The molecule has 1 aliphatic carbocycles. The number of amides is 2. The molecule has 1 saturated heterocycles. The van der Waals surface area contributed by atoms with Crippen LogP contribution >= 0.6 is 11.3 Å². The maximum Gasteiger partial charge on any atom is 0.293 e. The maximum absolute atomic E-state index is 13.2. The Morgan fingerprint density at radius 1 is 1.26 bits per heavy atom. The van der Waals surface area contributed by atoms with Crippen molar-refractivity contribution in [2.45, 2.75) is 64.5 Å². The van der Waals surface area contributed by atoms with Gasteiger partial charge in [-0.2, -0.15) is 0 Å². The highest BCUT2D eigenvalue weighted by atomic mass is 32.1. The van der Waals surface area contributed by atoms with Crippen molar-refractivity contribution in [2.24, 2.45) is 0 Å². The zero-order valence-electron chi connectivity index (χ0n) is 15.8. The summed E-state index contributed by atoms with van der Waals surface area (Å²) >= 11 is 1.48. The van der Waals surface area contributed by atoms with Gasteiger partial charge in [0.1, 0.15) is 0 Å². The summed E-state index contributed by atoms with van der Waals surface area (Å²) < 4.78 is 5.46. The van der Waals surface area contributed by atoms with E-state index in [0.717, 1.165) is 54.7 Å². The second-order valence-corrected chi connectivity index (χ2v) is 8.75. The molecule has 1 N–H and O–H groups in total. The molecule has 0 radical (unpaired) electrons. The molecule has 27 heavy (non-hydrogen) atoms. The number of nitrogens with one attached hydrogen (secondary N) is 1. The second kappa shape index (κ2) is 7.46. The fourth-order valence-corrected chi connectivity index (χ4v) is 5.04. The van der Waals surface area contributed by atoms with Crippen molar-refractivity contribution in [1.29, 1.82) is 0 Å². The molecule has 1 aliphatic heterocycles. The van der Waals surface area contributed by atoms with Crippen molar-refractivity contribution in [3.8, 4) is 0 Å². The molecule has 144 valence electrons. The number of aromatic nitrogens is 1. The largest absolute Gasteiger partial charge is 0.350 e. The third-order valence-electron chi connectivity index (χ3n) is 5.27. The number of carbonyl (C=O) groups excluding carboxylic acids is 2. The molecule has 1 fully saturated rings. The molecule has 0 saturated carbocycles. The Hall–Kier alpha value is -2.15. The van der Waals surface area contributed by atoms with Crippen molar-refractivity contribution < 1.29 is 14.1 Å². The van der Waals surface area contributed by atoms with Crippen LogP contribution in [0.2, 0.25) is 0 Å².